The molecule has 4 rings (SSSR count). The number of methoxy groups -OCH3 is 1. The first kappa shape index (κ1) is 28.3. The highest BCUT2D eigenvalue weighted by Gasteiger charge is 2.35. The van der Waals surface area contributed by atoms with E-state index in [9.17, 15) is 18.3 Å². The van der Waals surface area contributed by atoms with Crippen LogP contribution in [0.25, 0.3) is 0 Å². The molecule has 38 heavy (non-hydrogen) atoms. The normalized spacial score (nSPS) is 20.4. The van der Waals surface area contributed by atoms with Crippen LogP contribution >= 0.6 is 15.9 Å². The van der Waals surface area contributed by atoms with Gasteiger partial charge in [0.2, 0.25) is 5.78 Å². The number of halogens is 1. The van der Waals surface area contributed by atoms with Crippen molar-refractivity contribution in [2.75, 3.05) is 19.0 Å². The first-order valence-corrected chi connectivity index (χ1v) is 14.1. The van der Waals surface area contributed by atoms with Crippen LogP contribution in [0.5, 0.6) is 0 Å². The molecule has 1 aliphatic rings. The molecular formula is C24H29BrN6O6S. The average molecular weight is 610 g/mol. The average Bonchev–Trinajstić information content (AvgIpc) is 3.44. The second-order valence-corrected chi connectivity index (χ2v) is 11.3. The van der Waals surface area contributed by atoms with Gasteiger partial charge in [0, 0.05) is 29.7 Å². The van der Waals surface area contributed by atoms with E-state index in [-0.39, 0.29) is 41.6 Å². The van der Waals surface area contributed by atoms with Crippen LogP contribution in [0.1, 0.15) is 53.2 Å². The summed E-state index contributed by atoms with van der Waals surface area (Å²) in [4.78, 5) is 21.8. The number of hydrogen-bond acceptors (Lipinski definition) is 10. The molecule has 1 saturated carbocycles. The monoisotopic (exact) mass is 608 g/mol. The van der Waals surface area contributed by atoms with Crippen molar-refractivity contribution in [1.82, 2.24) is 19.7 Å². The molecule has 1 aliphatic carbocycles. The van der Waals surface area contributed by atoms with Crippen LogP contribution in [0.2, 0.25) is 0 Å². The molecule has 4 atom stereocenters. The Morgan fingerprint density at radius 2 is 2.13 bits per heavy atom. The zero-order valence-electron chi connectivity index (χ0n) is 20.8. The highest BCUT2D eigenvalue weighted by molar-refractivity contribution is 9.10. The minimum atomic E-state index is -4.11. The van der Waals surface area contributed by atoms with Gasteiger partial charge in [-0.05, 0) is 43.5 Å². The number of aliphatic hydroxyl groups excluding tert-OH is 1. The lowest BCUT2D eigenvalue weighted by atomic mass is 10.1. The zero-order valence-corrected chi connectivity index (χ0v) is 23.2. The maximum Gasteiger partial charge on any atom is 0.333 e. The lowest BCUT2D eigenvalue weighted by Gasteiger charge is -2.15. The number of nitrogens with one attached hydrogen (secondary N) is 1. The number of rotatable bonds is 11. The number of nitrogens with zero attached hydrogens (tertiary/aromatic N) is 4. The van der Waals surface area contributed by atoms with Crippen LogP contribution in [-0.4, -0.2) is 64.9 Å². The van der Waals surface area contributed by atoms with Crippen molar-refractivity contribution < 1.29 is 27.2 Å². The Labute approximate surface area is 229 Å². The van der Waals surface area contributed by atoms with E-state index in [0.29, 0.717) is 19.4 Å². The lowest BCUT2D eigenvalue weighted by molar-refractivity contribution is 0.101. The van der Waals surface area contributed by atoms with E-state index >= 15 is 0 Å². The number of nitrogens with two attached hydrogens (primary N) is 1. The first-order valence-electron chi connectivity index (χ1n) is 11.9. The fourth-order valence-electron chi connectivity index (χ4n) is 4.45. The summed E-state index contributed by atoms with van der Waals surface area (Å²) in [5, 5.41) is 23.0. The summed E-state index contributed by atoms with van der Waals surface area (Å²) in [5.41, 5.74) is 2.16. The van der Waals surface area contributed by atoms with Gasteiger partial charge in [0.05, 0.1) is 36.6 Å². The Morgan fingerprint density at radius 3 is 2.84 bits per heavy atom. The molecule has 0 unspecified atom stereocenters. The fraction of sp³-hybridized carbons (Fsp3) is 0.417. The van der Waals surface area contributed by atoms with E-state index in [1.807, 2.05) is 31.2 Å². The van der Waals surface area contributed by atoms with E-state index < -0.39 is 22.3 Å². The molecule has 0 amide bonds. The minimum Gasteiger partial charge on any atom is -0.393 e. The van der Waals surface area contributed by atoms with Gasteiger partial charge < -0.3 is 15.2 Å². The summed E-state index contributed by atoms with van der Waals surface area (Å²) in [6.45, 7) is 2.08. The SMILES string of the molecule is CO[C@H](C)c1cc(C(=O)c2cncnc2N[C@@H]2C[C@H](COS(N)(=O)=O)[C@@H](O)C2)nn1Cc1cccc(Br)c1. The lowest BCUT2D eigenvalue weighted by Crippen LogP contribution is -2.24. The van der Waals surface area contributed by atoms with E-state index in [2.05, 4.69) is 40.5 Å². The van der Waals surface area contributed by atoms with Gasteiger partial charge in [-0.3, -0.25) is 13.7 Å². The zero-order chi connectivity index (χ0) is 27.4. The number of ether oxygens (including phenoxy) is 1. The molecule has 12 nitrogen and oxygen atoms in total. The minimum absolute atomic E-state index is 0.211. The van der Waals surface area contributed by atoms with Gasteiger partial charge in [-0.25, -0.2) is 15.1 Å². The molecule has 0 aliphatic heterocycles. The Morgan fingerprint density at radius 1 is 1.34 bits per heavy atom. The van der Waals surface area contributed by atoms with Gasteiger partial charge in [0.15, 0.2) is 0 Å². The number of hydrogen-bond donors (Lipinski definition) is 3. The molecule has 204 valence electrons. The van der Waals surface area contributed by atoms with Crippen molar-refractivity contribution in [3.8, 4) is 0 Å². The van der Waals surface area contributed by atoms with Gasteiger partial charge in [-0.2, -0.15) is 13.5 Å². The van der Waals surface area contributed by atoms with Crippen LogP contribution in [0, 0.1) is 5.92 Å². The maximum atomic E-state index is 13.6. The van der Waals surface area contributed by atoms with Crippen molar-refractivity contribution in [2.45, 2.75) is 44.6 Å². The van der Waals surface area contributed by atoms with Crippen LogP contribution < -0.4 is 10.5 Å². The second-order valence-electron chi connectivity index (χ2n) is 9.15. The smallest absolute Gasteiger partial charge is 0.333 e. The third-order valence-corrected chi connectivity index (χ3v) is 7.39. The molecular weight excluding hydrogens is 580 g/mol. The first-order chi connectivity index (χ1) is 18.0. The molecule has 1 aromatic carbocycles. The second kappa shape index (κ2) is 12.0. The van der Waals surface area contributed by atoms with E-state index in [4.69, 9.17) is 9.88 Å². The largest absolute Gasteiger partial charge is 0.393 e. The molecule has 2 aromatic heterocycles. The van der Waals surface area contributed by atoms with Crippen LogP contribution in [0.15, 0.2) is 47.3 Å². The predicted octanol–water partition coefficient (Wildman–Crippen LogP) is 2.19. The van der Waals surface area contributed by atoms with Gasteiger partial charge in [-0.15, -0.1) is 0 Å². The number of carbonyl (C=O) groups is 1. The highest BCUT2D eigenvalue weighted by Crippen LogP contribution is 2.30. The van der Waals surface area contributed by atoms with Crippen molar-refractivity contribution in [2.24, 2.45) is 11.1 Å². The van der Waals surface area contributed by atoms with Crippen LogP contribution in [0.4, 0.5) is 5.82 Å². The Bertz CT molecular complexity index is 1400. The predicted molar refractivity (Wildman–Crippen MR) is 142 cm³/mol. The summed E-state index contributed by atoms with van der Waals surface area (Å²) < 4.78 is 35.1. The number of carbonyl (C=O) groups excluding carboxylic acids is 1. The van der Waals surface area contributed by atoms with Crippen LogP contribution in [-0.2, 0) is 25.8 Å². The molecule has 0 saturated heterocycles. The molecule has 14 heteroatoms. The van der Waals surface area contributed by atoms with Crippen molar-refractivity contribution in [3.05, 3.63) is 69.8 Å². The third kappa shape index (κ3) is 7.01. The number of ketones is 1. The topological polar surface area (TPSA) is 172 Å². The van der Waals surface area contributed by atoms with Crippen LogP contribution in [0.3, 0.4) is 0 Å². The molecule has 4 N–H and O–H groups in total. The van der Waals surface area contributed by atoms with Gasteiger partial charge in [0.25, 0.3) is 0 Å². The summed E-state index contributed by atoms with van der Waals surface area (Å²) in [5.74, 6) is -0.532. The van der Waals surface area contributed by atoms with Gasteiger partial charge in [-0.1, -0.05) is 28.1 Å². The molecule has 2 heterocycles. The molecule has 0 bridgehead atoms. The number of benzene rings is 1. The van der Waals surface area contributed by atoms with Crippen molar-refractivity contribution in [1.29, 1.82) is 0 Å². The van der Waals surface area contributed by atoms with Gasteiger partial charge in [0.1, 0.15) is 17.8 Å². The molecule has 1 fully saturated rings. The molecule has 3 aromatic rings. The van der Waals surface area contributed by atoms with E-state index in [1.54, 1.807) is 17.9 Å². The Hall–Kier alpha value is -2.75. The highest BCUT2D eigenvalue weighted by atomic mass is 79.9. The summed E-state index contributed by atoms with van der Waals surface area (Å²) in [6.07, 6.45) is 2.32. The standard InChI is InChI=1S/C24H29BrN6O6S/c1-14(36-2)21-9-20(30-31(21)11-15-4-3-5-17(25)6-15)23(33)19-10-27-13-28-24(19)29-18-7-16(22(32)8-18)12-37-38(26,34)35/h3-6,9-10,13-14,16,18,22,32H,7-8,11-12H2,1-2H3,(H2,26,34,35)(H,27,28,29)/t14-,16-,18-,22+/m1/s1. The quantitative estimate of drug-likeness (QED) is 0.274. The fourth-order valence-corrected chi connectivity index (χ4v) is 5.26. The summed E-state index contributed by atoms with van der Waals surface area (Å²) >= 11 is 3.48. The number of aliphatic hydroxyl groups is 1. The number of anilines is 1. The Kier molecular flexibility index (Phi) is 8.90. The third-order valence-electron chi connectivity index (χ3n) is 6.44. The Balaban J connectivity index is 1.55. The van der Waals surface area contributed by atoms with Crippen molar-refractivity contribution >= 4 is 37.8 Å². The van der Waals surface area contributed by atoms with Crippen molar-refractivity contribution in [3.63, 3.8) is 0 Å². The van der Waals surface area contributed by atoms with E-state index in [1.165, 1.54) is 12.5 Å². The molecule has 0 spiro atoms. The summed E-state index contributed by atoms with van der Waals surface area (Å²) in [7, 11) is -2.52. The van der Waals surface area contributed by atoms with E-state index in [0.717, 1.165) is 15.7 Å². The summed E-state index contributed by atoms with van der Waals surface area (Å²) in [6, 6.07) is 9.24. The van der Waals surface area contributed by atoms with Gasteiger partial charge >= 0.3 is 10.3 Å². The number of aromatic nitrogens is 4. The molecule has 0 radical (unpaired) electrons. The maximum absolute atomic E-state index is 13.6.